The number of halogens is 5. The number of nitrogens with one attached hydrogen (secondary N) is 1. The number of alkyl halides is 3. The van der Waals surface area contributed by atoms with Gasteiger partial charge in [0, 0.05) is 16.1 Å². The number of nitro benzene ring substituents is 1. The number of rotatable bonds is 7. The van der Waals surface area contributed by atoms with Gasteiger partial charge in [-0.15, -0.1) is 0 Å². The molecule has 6 nitrogen and oxygen atoms in total. The van der Waals surface area contributed by atoms with Gasteiger partial charge >= 0.3 is 6.18 Å². The van der Waals surface area contributed by atoms with Crippen molar-refractivity contribution in [1.29, 1.82) is 0 Å². The molecule has 0 bridgehead atoms. The maximum absolute atomic E-state index is 13.3. The Morgan fingerprint density at radius 3 is 2.59 bits per heavy atom. The summed E-state index contributed by atoms with van der Waals surface area (Å²) in [4.78, 5) is 10.2. The third kappa shape index (κ3) is 6.03. The summed E-state index contributed by atoms with van der Waals surface area (Å²) in [5.74, 6) is -0.00374. The standard InChI is InChI=1S/C21H14BrF4N3O3/c22-16-5-7-20(32-12-13-2-1-3-17(23)8-13)14(9-16)11-27-28-18-6-4-15(21(24,25)26)10-19(18)29(30)31/h1-11,28H,12H2/b27-11-. The SMILES string of the molecule is O=[N+]([O-])c1cc(C(F)(F)F)ccc1N/N=C\c1cc(Br)ccc1OCc1cccc(F)c1. The van der Waals surface area contributed by atoms with Crippen LogP contribution in [0.15, 0.2) is 70.2 Å². The van der Waals surface area contributed by atoms with E-state index in [2.05, 4.69) is 26.5 Å². The van der Waals surface area contributed by atoms with Crippen LogP contribution < -0.4 is 10.2 Å². The minimum Gasteiger partial charge on any atom is -0.488 e. The first-order valence-corrected chi connectivity index (χ1v) is 9.74. The first-order valence-electron chi connectivity index (χ1n) is 8.95. The molecule has 0 aliphatic rings. The summed E-state index contributed by atoms with van der Waals surface area (Å²) >= 11 is 3.31. The number of hydrazone groups is 1. The average molecular weight is 512 g/mol. The number of nitrogens with zero attached hydrogens (tertiary/aromatic N) is 2. The number of nitro groups is 1. The summed E-state index contributed by atoms with van der Waals surface area (Å²) in [6.07, 6.45) is -3.41. The van der Waals surface area contributed by atoms with Crippen LogP contribution >= 0.6 is 15.9 Å². The van der Waals surface area contributed by atoms with Crippen LogP contribution in [0.4, 0.5) is 28.9 Å². The molecule has 3 aromatic carbocycles. The van der Waals surface area contributed by atoms with Gasteiger partial charge < -0.3 is 4.74 Å². The zero-order valence-electron chi connectivity index (χ0n) is 16.1. The monoisotopic (exact) mass is 511 g/mol. The second kappa shape index (κ2) is 9.77. The molecule has 3 rings (SSSR count). The van der Waals surface area contributed by atoms with Gasteiger partial charge in [-0.05, 0) is 48.0 Å². The molecule has 0 aromatic heterocycles. The van der Waals surface area contributed by atoms with E-state index >= 15 is 0 Å². The van der Waals surface area contributed by atoms with Crippen molar-refractivity contribution in [3.63, 3.8) is 0 Å². The summed E-state index contributed by atoms with van der Waals surface area (Å²) in [7, 11) is 0. The van der Waals surface area contributed by atoms with Crippen LogP contribution in [0.3, 0.4) is 0 Å². The number of ether oxygens (including phenoxy) is 1. The lowest BCUT2D eigenvalue weighted by Gasteiger charge is -2.10. The van der Waals surface area contributed by atoms with Crippen molar-refractivity contribution in [2.24, 2.45) is 5.10 Å². The van der Waals surface area contributed by atoms with E-state index in [1.165, 1.54) is 18.3 Å². The molecule has 166 valence electrons. The van der Waals surface area contributed by atoms with E-state index < -0.39 is 28.2 Å². The summed E-state index contributed by atoms with van der Waals surface area (Å²) in [5.41, 5.74) is 1.34. The molecule has 0 saturated carbocycles. The second-order valence-corrected chi connectivity index (χ2v) is 7.37. The van der Waals surface area contributed by atoms with Crippen molar-refractivity contribution >= 4 is 33.5 Å². The Labute approximate surface area is 187 Å². The van der Waals surface area contributed by atoms with Crippen molar-refractivity contribution in [1.82, 2.24) is 0 Å². The third-order valence-electron chi connectivity index (χ3n) is 4.17. The van der Waals surface area contributed by atoms with Gasteiger partial charge in [0.25, 0.3) is 5.69 Å². The molecule has 0 unspecified atom stereocenters. The smallest absolute Gasteiger partial charge is 0.416 e. The molecule has 0 fully saturated rings. The molecule has 1 N–H and O–H groups in total. The molecule has 0 aliphatic carbocycles. The van der Waals surface area contributed by atoms with Gasteiger partial charge in [-0.3, -0.25) is 15.5 Å². The Bertz CT molecular complexity index is 1170. The fraction of sp³-hybridized carbons (Fsp3) is 0.0952. The Kier molecular flexibility index (Phi) is 7.08. The zero-order chi connectivity index (χ0) is 23.3. The van der Waals surface area contributed by atoms with Crippen LogP contribution in [0.1, 0.15) is 16.7 Å². The van der Waals surface area contributed by atoms with Gasteiger partial charge in [0.2, 0.25) is 0 Å². The average Bonchev–Trinajstić information content (AvgIpc) is 2.72. The van der Waals surface area contributed by atoms with E-state index in [1.807, 2.05) is 0 Å². The molecule has 0 atom stereocenters. The molecule has 11 heteroatoms. The van der Waals surface area contributed by atoms with Crippen LogP contribution in [0.25, 0.3) is 0 Å². The highest BCUT2D eigenvalue weighted by molar-refractivity contribution is 9.10. The van der Waals surface area contributed by atoms with Gasteiger partial charge in [-0.1, -0.05) is 28.1 Å². The zero-order valence-corrected chi connectivity index (χ0v) is 17.7. The van der Waals surface area contributed by atoms with E-state index in [0.717, 1.165) is 12.1 Å². The third-order valence-corrected chi connectivity index (χ3v) is 4.66. The Hall–Kier alpha value is -3.47. The molecule has 32 heavy (non-hydrogen) atoms. The molecule has 0 amide bonds. The maximum Gasteiger partial charge on any atom is 0.416 e. The Morgan fingerprint density at radius 1 is 1.12 bits per heavy atom. The minimum atomic E-state index is -4.71. The van der Waals surface area contributed by atoms with Gasteiger partial charge in [-0.25, -0.2) is 4.39 Å². The van der Waals surface area contributed by atoms with Crippen molar-refractivity contribution in [3.8, 4) is 5.75 Å². The van der Waals surface area contributed by atoms with Crippen molar-refractivity contribution < 1.29 is 27.2 Å². The van der Waals surface area contributed by atoms with Crippen LogP contribution in [-0.2, 0) is 12.8 Å². The topological polar surface area (TPSA) is 76.8 Å². The maximum atomic E-state index is 13.3. The van der Waals surface area contributed by atoms with Crippen molar-refractivity contribution in [3.05, 3.63) is 97.8 Å². The summed E-state index contributed by atoms with van der Waals surface area (Å²) in [6.45, 7) is 0.0814. The normalized spacial score (nSPS) is 11.5. The van der Waals surface area contributed by atoms with E-state index in [-0.39, 0.29) is 12.3 Å². The summed E-state index contributed by atoms with van der Waals surface area (Å²) < 4.78 is 58.2. The van der Waals surface area contributed by atoms with E-state index in [1.54, 1.807) is 30.3 Å². The lowest BCUT2D eigenvalue weighted by molar-refractivity contribution is -0.384. The minimum absolute atomic E-state index is 0.0814. The van der Waals surface area contributed by atoms with Crippen LogP contribution in [-0.4, -0.2) is 11.1 Å². The number of hydrogen-bond acceptors (Lipinski definition) is 5. The molecule has 0 saturated heterocycles. The lowest BCUT2D eigenvalue weighted by atomic mass is 10.1. The van der Waals surface area contributed by atoms with Gasteiger partial charge in [0.1, 0.15) is 23.9 Å². The number of benzene rings is 3. The van der Waals surface area contributed by atoms with Crippen molar-refractivity contribution in [2.75, 3.05) is 5.43 Å². The first-order chi connectivity index (χ1) is 15.1. The van der Waals surface area contributed by atoms with Crippen LogP contribution in [0.2, 0.25) is 0 Å². The predicted octanol–water partition coefficient (Wildman–Crippen LogP) is 6.54. The fourth-order valence-electron chi connectivity index (χ4n) is 2.66. The molecular weight excluding hydrogens is 498 g/mol. The fourth-order valence-corrected chi connectivity index (χ4v) is 3.04. The predicted molar refractivity (Wildman–Crippen MR) is 114 cm³/mol. The quantitative estimate of drug-likeness (QED) is 0.169. The molecule has 3 aromatic rings. The van der Waals surface area contributed by atoms with Gasteiger partial charge in [-0.2, -0.15) is 18.3 Å². The van der Waals surface area contributed by atoms with E-state index in [4.69, 9.17) is 4.74 Å². The number of anilines is 1. The van der Waals surface area contributed by atoms with Crippen LogP contribution in [0.5, 0.6) is 5.75 Å². The van der Waals surface area contributed by atoms with E-state index in [0.29, 0.717) is 27.4 Å². The highest BCUT2D eigenvalue weighted by Crippen LogP contribution is 2.35. The van der Waals surface area contributed by atoms with Gasteiger partial charge in [0.05, 0.1) is 16.7 Å². The number of hydrogen-bond donors (Lipinski definition) is 1. The molecular formula is C21H14BrF4N3O3. The second-order valence-electron chi connectivity index (χ2n) is 6.46. The Balaban J connectivity index is 1.79. The highest BCUT2D eigenvalue weighted by Gasteiger charge is 2.33. The molecule has 0 spiro atoms. The highest BCUT2D eigenvalue weighted by atomic mass is 79.9. The Morgan fingerprint density at radius 2 is 1.91 bits per heavy atom. The van der Waals surface area contributed by atoms with Crippen LogP contribution in [0, 0.1) is 15.9 Å². The summed E-state index contributed by atoms with van der Waals surface area (Å²) in [5, 5.41) is 15.1. The lowest BCUT2D eigenvalue weighted by Crippen LogP contribution is -2.06. The van der Waals surface area contributed by atoms with Gasteiger partial charge in [0.15, 0.2) is 0 Å². The molecule has 0 radical (unpaired) electrons. The van der Waals surface area contributed by atoms with Crippen molar-refractivity contribution in [2.45, 2.75) is 12.8 Å². The largest absolute Gasteiger partial charge is 0.488 e. The molecule has 0 heterocycles. The summed E-state index contributed by atoms with van der Waals surface area (Å²) in [6, 6.07) is 13.0. The molecule has 0 aliphatic heterocycles. The van der Waals surface area contributed by atoms with E-state index in [9.17, 15) is 27.7 Å². The first kappa shape index (κ1) is 23.2.